The molecular formula is C17H22N6. The first-order chi connectivity index (χ1) is 11.1. The van der Waals surface area contributed by atoms with Gasteiger partial charge >= 0.3 is 0 Å². The second-order valence-corrected chi connectivity index (χ2v) is 5.91. The van der Waals surface area contributed by atoms with Gasteiger partial charge in [0.1, 0.15) is 0 Å². The maximum Gasteiger partial charge on any atom is 0.225 e. The SMILES string of the molecule is CN(C)c1nccc(CN=C(N)Nc2ccc3c(c2)CCC3)n1. The van der Waals surface area contributed by atoms with E-state index in [2.05, 4.69) is 38.5 Å². The van der Waals surface area contributed by atoms with Crippen LogP contribution < -0.4 is 16.0 Å². The second-order valence-electron chi connectivity index (χ2n) is 5.91. The fraction of sp³-hybridized carbons (Fsp3) is 0.353. The van der Waals surface area contributed by atoms with E-state index in [1.165, 1.54) is 24.0 Å². The van der Waals surface area contributed by atoms with Gasteiger partial charge in [-0.1, -0.05) is 6.07 Å². The van der Waals surface area contributed by atoms with Crippen molar-refractivity contribution >= 4 is 17.6 Å². The summed E-state index contributed by atoms with van der Waals surface area (Å²) in [7, 11) is 3.82. The van der Waals surface area contributed by atoms with Crippen molar-refractivity contribution in [3.63, 3.8) is 0 Å². The molecule has 1 aliphatic rings. The molecule has 0 amide bonds. The topological polar surface area (TPSA) is 79.4 Å². The Bertz CT molecular complexity index is 723. The molecule has 1 aromatic heterocycles. The number of nitrogens with zero attached hydrogens (tertiary/aromatic N) is 4. The van der Waals surface area contributed by atoms with Gasteiger partial charge in [0.25, 0.3) is 0 Å². The molecule has 1 aliphatic carbocycles. The van der Waals surface area contributed by atoms with E-state index in [0.717, 1.165) is 17.8 Å². The molecule has 2 aromatic rings. The van der Waals surface area contributed by atoms with Crippen LogP contribution in [0.25, 0.3) is 0 Å². The summed E-state index contributed by atoms with van der Waals surface area (Å²) in [4.78, 5) is 14.8. The van der Waals surface area contributed by atoms with Gasteiger partial charge in [0.15, 0.2) is 5.96 Å². The largest absolute Gasteiger partial charge is 0.370 e. The number of nitrogens with two attached hydrogens (primary N) is 1. The molecule has 6 nitrogen and oxygen atoms in total. The molecule has 1 heterocycles. The number of fused-ring (bicyclic) bond motifs is 1. The van der Waals surface area contributed by atoms with Crippen LogP contribution in [0.5, 0.6) is 0 Å². The van der Waals surface area contributed by atoms with Crippen LogP contribution in [0.4, 0.5) is 11.6 Å². The normalized spacial score (nSPS) is 13.7. The van der Waals surface area contributed by atoms with Gasteiger partial charge in [-0.2, -0.15) is 0 Å². The van der Waals surface area contributed by atoms with Crippen molar-refractivity contribution in [1.29, 1.82) is 0 Å². The number of rotatable bonds is 4. The van der Waals surface area contributed by atoms with Gasteiger partial charge in [-0.05, 0) is 48.6 Å². The minimum absolute atomic E-state index is 0.396. The van der Waals surface area contributed by atoms with Crippen LogP contribution >= 0.6 is 0 Å². The van der Waals surface area contributed by atoms with Crippen molar-refractivity contribution in [3.05, 3.63) is 47.3 Å². The molecule has 0 saturated carbocycles. The number of hydrogen-bond acceptors (Lipinski definition) is 4. The average Bonchev–Trinajstić information content (AvgIpc) is 3.01. The highest BCUT2D eigenvalue weighted by Gasteiger charge is 2.10. The summed E-state index contributed by atoms with van der Waals surface area (Å²) in [5.74, 6) is 1.07. The fourth-order valence-corrected chi connectivity index (χ4v) is 2.69. The molecule has 0 bridgehead atoms. The summed E-state index contributed by atoms with van der Waals surface area (Å²) in [5.41, 5.74) is 10.7. The summed E-state index contributed by atoms with van der Waals surface area (Å²) in [6.45, 7) is 0.424. The first kappa shape index (κ1) is 15.3. The number of benzene rings is 1. The van der Waals surface area contributed by atoms with E-state index in [-0.39, 0.29) is 0 Å². The molecule has 0 fully saturated rings. The Morgan fingerprint density at radius 1 is 1.26 bits per heavy atom. The Labute approximate surface area is 136 Å². The number of aryl methyl sites for hydroxylation is 2. The number of guanidine groups is 1. The third kappa shape index (κ3) is 3.77. The number of aliphatic imine (C=N–C) groups is 1. The van der Waals surface area contributed by atoms with E-state index in [1.54, 1.807) is 6.20 Å². The molecule has 0 spiro atoms. The summed E-state index contributed by atoms with van der Waals surface area (Å²) in [6.07, 6.45) is 5.30. The zero-order chi connectivity index (χ0) is 16.2. The minimum atomic E-state index is 0.396. The van der Waals surface area contributed by atoms with Crippen LogP contribution in [0.3, 0.4) is 0 Å². The smallest absolute Gasteiger partial charge is 0.225 e. The molecule has 6 heteroatoms. The van der Waals surface area contributed by atoms with E-state index in [1.807, 2.05) is 25.1 Å². The molecule has 1 aromatic carbocycles. The Balaban J connectivity index is 1.65. The number of nitrogens with one attached hydrogen (secondary N) is 1. The molecule has 3 N–H and O–H groups in total. The van der Waals surface area contributed by atoms with E-state index < -0.39 is 0 Å². The van der Waals surface area contributed by atoms with Gasteiger partial charge in [-0.15, -0.1) is 0 Å². The maximum absolute atomic E-state index is 5.98. The molecule has 23 heavy (non-hydrogen) atoms. The first-order valence-electron chi connectivity index (χ1n) is 7.80. The standard InChI is InChI=1S/C17H22N6/c1-23(2)17-19-9-8-15(22-17)11-20-16(18)21-14-7-6-12-4-3-5-13(12)10-14/h6-10H,3-5,11H2,1-2H3,(H3,18,20,21). The third-order valence-electron chi connectivity index (χ3n) is 3.88. The lowest BCUT2D eigenvalue weighted by Gasteiger charge is -2.10. The lowest BCUT2D eigenvalue weighted by atomic mass is 10.1. The van der Waals surface area contributed by atoms with Crippen LogP contribution in [0.15, 0.2) is 35.5 Å². The van der Waals surface area contributed by atoms with Crippen molar-refractivity contribution in [1.82, 2.24) is 9.97 Å². The fourth-order valence-electron chi connectivity index (χ4n) is 2.69. The van der Waals surface area contributed by atoms with Gasteiger partial charge < -0.3 is 16.0 Å². The summed E-state index contributed by atoms with van der Waals surface area (Å²) >= 11 is 0. The number of hydrogen-bond donors (Lipinski definition) is 2. The Hall–Kier alpha value is -2.63. The number of aromatic nitrogens is 2. The van der Waals surface area contributed by atoms with Crippen molar-refractivity contribution in [2.75, 3.05) is 24.3 Å². The van der Waals surface area contributed by atoms with Crippen molar-refractivity contribution in [2.24, 2.45) is 10.7 Å². The quantitative estimate of drug-likeness (QED) is 0.666. The molecule has 0 saturated heterocycles. The van der Waals surface area contributed by atoms with Gasteiger partial charge in [0.2, 0.25) is 5.95 Å². The summed E-state index contributed by atoms with van der Waals surface area (Å²) < 4.78 is 0. The van der Waals surface area contributed by atoms with Crippen LogP contribution in [0.1, 0.15) is 23.2 Å². The molecular weight excluding hydrogens is 288 g/mol. The predicted molar refractivity (Wildman–Crippen MR) is 93.8 cm³/mol. The van der Waals surface area contributed by atoms with Crippen molar-refractivity contribution in [3.8, 4) is 0 Å². The molecule has 3 rings (SSSR count). The van der Waals surface area contributed by atoms with Crippen LogP contribution in [-0.4, -0.2) is 30.0 Å². The minimum Gasteiger partial charge on any atom is -0.370 e. The predicted octanol–water partition coefficient (Wildman–Crippen LogP) is 1.96. The lowest BCUT2D eigenvalue weighted by molar-refractivity contribution is 0.912. The van der Waals surface area contributed by atoms with E-state index in [4.69, 9.17) is 5.73 Å². The average molecular weight is 310 g/mol. The summed E-state index contributed by atoms with van der Waals surface area (Å²) in [5, 5.41) is 3.15. The van der Waals surface area contributed by atoms with Crippen LogP contribution in [0.2, 0.25) is 0 Å². The van der Waals surface area contributed by atoms with Crippen molar-refractivity contribution < 1.29 is 0 Å². The molecule has 0 unspecified atom stereocenters. The molecule has 0 aliphatic heterocycles. The Kier molecular flexibility index (Phi) is 4.41. The Morgan fingerprint density at radius 3 is 2.91 bits per heavy atom. The zero-order valence-electron chi connectivity index (χ0n) is 13.6. The van der Waals surface area contributed by atoms with E-state index in [0.29, 0.717) is 18.5 Å². The first-order valence-corrected chi connectivity index (χ1v) is 7.80. The van der Waals surface area contributed by atoms with Gasteiger partial charge in [0.05, 0.1) is 12.2 Å². The van der Waals surface area contributed by atoms with E-state index in [9.17, 15) is 0 Å². The lowest BCUT2D eigenvalue weighted by Crippen LogP contribution is -2.22. The maximum atomic E-state index is 5.98. The monoisotopic (exact) mass is 310 g/mol. The zero-order valence-corrected chi connectivity index (χ0v) is 13.6. The second kappa shape index (κ2) is 6.64. The molecule has 120 valence electrons. The van der Waals surface area contributed by atoms with Crippen LogP contribution in [-0.2, 0) is 19.4 Å². The van der Waals surface area contributed by atoms with Gasteiger partial charge in [-0.3, -0.25) is 0 Å². The van der Waals surface area contributed by atoms with Gasteiger partial charge in [0, 0.05) is 26.0 Å². The van der Waals surface area contributed by atoms with Crippen molar-refractivity contribution in [2.45, 2.75) is 25.8 Å². The molecule has 0 radical (unpaired) electrons. The number of anilines is 2. The highest BCUT2D eigenvalue weighted by atomic mass is 15.2. The molecule has 0 atom stereocenters. The highest BCUT2D eigenvalue weighted by Crippen LogP contribution is 2.24. The van der Waals surface area contributed by atoms with Gasteiger partial charge in [-0.25, -0.2) is 15.0 Å². The van der Waals surface area contributed by atoms with E-state index >= 15 is 0 Å². The third-order valence-corrected chi connectivity index (χ3v) is 3.88. The highest BCUT2D eigenvalue weighted by molar-refractivity contribution is 5.92. The summed E-state index contributed by atoms with van der Waals surface area (Å²) in [6, 6.07) is 8.24. The Morgan fingerprint density at radius 2 is 2.09 bits per heavy atom. The van der Waals surface area contributed by atoms with Crippen LogP contribution in [0, 0.1) is 0 Å².